The molecule has 82 valence electrons. The van der Waals surface area contributed by atoms with Crippen LogP contribution in [0, 0.1) is 23.3 Å². The van der Waals surface area contributed by atoms with Crippen molar-refractivity contribution < 1.29 is 26.6 Å². The summed E-state index contributed by atoms with van der Waals surface area (Å²) in [6, 6.07) is 0.279. The molecular formula is C8H5F4O2P. The van der Waals surface area contributed by atoms with E-state index in [0.29, 0.717) is 0 Å². The van der Waals surface area contributed by atoms with E-state index in [1.807, 2.05) is 0 Å². The fraction of sp³-hybridized carbons (Fsp3) is 0.250. The maximum Gasteiger partial charge on any atom is 0.211 e. The van der Waals surface area contributed by atoms with Crippen LogP contribution in [0.3, 0.4) is 0 Å². The van der Waals surface area contributed by atoms with E-state index in [4.69, 9.17) is 9.05 Å². The molecule has 15 heavy (non-hydrogen) atoms. The number of benzene rings is 1. The quantitative estimate of drug-likeness (QED) is 0.324. The minimum absolute atomic E-state index is 0.184. The van der Waals surface area contributed by atoms with Gasteiger partial charge in [0, 0.05) is 6.07 Å². The smallest absolute Gasteiger partial charge is 0.211 e. The maximum atomic E-state index is 13.2. The second-order valence-corrected chi connectivity index (χ2v) is 4.22. The molecule has 0 bridgehead atoms. The van der Waals surface area contributed by atoms with Gasteiger partial charge < -0.3 is 9.05 Å². The molecule has 7 heteroatoms. The van der Waals surface area contributed by atoms with Crippen molar-refractivity contribution in [3.05, 3.63) is 29.3 Å². The molecule has 1 aromatic rings. The Morgan fingerprint density at radius 2 is 1.53 bits per heavy atom. The Morgan fingerprint density at radius 3 is 2.13 bits per heavy atom. The van der Waals surface area contributed by atoms with Gasteiger partial charge in [-0.3, -0.25) is 0 Å². The van der Waals surface area contributed by atoms with Crippen molar-refractivity contribution in [2.75, 3.05) is 13.2 Å². The SMILES string of the molecule is Fc1cc(F)c(P2OCCO2)c(F)c1F. The van der Waals surface area contributed by atoms with Crippen LogP contribution in [0.25, 0.3) is 0 Å². The first kappa shape index (κ1) is 10.8. The van der Waals surface area contributed by atoms with Crippen molar-refractivity contribution in [2.24, 2.45) is 0 Å². The average molecular weight is 240 g/mol. The first-order chi connectivity index (χ1) is 7.11. The summed E-state index contributed by atoms with van der Waals surface area (Å²) < 4.78 is 61.5. The van der Waals surface area contributed by atoms with Gasteiger partial charge in [0.15, 0.2) is 17.5 Å². The van der Waals surface area contributed by atoms with Crippen LogP contribution in [-0.2, 0) is 9.05 Å². The predicted molar refractivity (Wildman–Crippen MR) is 44.7 cm³/mol. The van der Waals surface area contributed by atoms with Gasteiger partial charge in [-0.1, -0.05) is 0 Å². The third kappa shape index (κ3) is 1.85. The normalized spacial score (nSPS) is 17.3. The highest BCUT2D eigenvalue weighted by Crippen LogP contribution is 2.43. The lowest BCUT2D eigenvalue weighted by Crippen LogP contribution is -2.16. The highest BCUT2D eigenvalue weighted by molar-refractivity contribution is 7.56. The van der Waals surface area contributed by atoms with Gasteiger partial charge in [0.2, 0.25) is 8.38 Å². The van der Waals surface area contributed by atoms with Gasteiger partial charge in [-0.25, -0.2) is 17.6 Å². The van der Waals surface area contributed by atoms with Crippen molar-refractivity contribution in [3.63, 3.8) is 0 Å². The largest absolute Gasteiger partial charge is 0.328 e. The zero-order valence-electron chi connectivity index (χ0n) is 7.27. The molecule has 0 N–H and O–H groups in total. The highest BCUT2D eigenvalue weighted by atomic mass is 31.2. The monoisotopic (exact) mass is 240 g/mol. The first-order valence-electron chi connectivity index (χ1n) is 4.00. The zero-order chi connectivity index (χ0) is 11.0. The maximum absolute atomic E-state index is 13.2. The van der Waals surface area contributed by atoms with Crippen LogP contribution < -0.4 is 5.30 Å². The van der Waals surface area contributed by atoms with Gasteiger partial charge in [-0.2, -0.15) is 0 Å². The molecule has 1 heterocycles. The molecule has 0 amide bonds. The van der Waals surface area contributed by atoms with E-state index in [1.165, 1.54) is 0 Å². The summed E-state index contributed by atoms with van der Waals surface area (Å²) in [6.07, 6.45) is 0. The summed E-state index contributed by atoms with van der Waals surface area (Å²) in [6.45, 7) is 0.368. The lowest BCUT2D eigenvalue weighted by Gasteiger charge is -2.10. The van der Waals surface area contributed by atoms with Crippen molar-refractivity contribution in [1.29, 1.82) is 0 Å². The molecule has 1 aromatic carbocycles. The molecule has 0 aliphatic carbocycles. The standard InChI is InChI=1S/C8H5F4O2P/c9-4-3-5(10)8(7(12)6(4)11)15-13-1-2-14-15/h3H,1-2H2. The molecule has 2 nitrogen and oxygen atoms in total. The summed E-state index contributed by atoms with van der Waals surface area (Å²) in [5.41, 5.74) is 0. The Labute approximate surface area is 83.7 Å². The third-order valence-corrected chi connectivity index (χ3v) is 3.38. The molecule has 2 rings (SSSR count). The fourth-order valence-corrected chi connectivity index (χ4v) is 2.44. The molecule has 1 aliphatic rings. The molecule has 0 spiro atoms. The molecule has 0 saturated carbocycles. The van der Waals surface area contributed by atoms with Gasteiger partial charge in [0.05, 0.1) is 13.2 Å². The van der Waals surface area contributed by atoms with Gasteiger partial charge in [-0.05, 0) is 0 Å². The first-order valence-corrected chi connectivity index (χ1v) is 5.18. The van der Waals surface area contributed by atoms with Gasteiger partial charge in [-0.15, -0.1) is 0 Å². The van der Waals surface area contributed by atoms with Crippen molar-refractivity contribution in [1.82, 2.24) is 0 Å². The summed E-state index contributed by atoms with van der Waals surface area (Å²) in [4.78, 5) is 0. The van der Waals surface area contributed by atoms with E-state index in [-0.39, 0.29) is 19.3 Å². The van der Waals surface area contributed by atoms with E-state index >= 15 is 0 Å². The minimum Gasteiger partial charge on any atom is -0.328 e. The van der Waals surface area contributed by atoms with Crippen LogP contribution >= 0.6 is 8.38 Å². The zero-order valence-corrected chi connectivity index (χ0v) is 8.16. The van der Waals surface area contributed by atoms with E-state index in [0.717, 1.165) is 0 Å². The number of hydrogen-bond acceptors (Lipinski definition) is 2. The van der Waals surface area contributed by atoms with Gasteiger partial charge in [0.1, 0.15) is 11.1 Å². The molecule has 0 unspecified atom stereocenters. The molecule has 1 fully saturated rings. The van der Waals surface area contributed by atoms with Crippen molar-refractivity contribution >= 4 is 13.7 Å². The lowest BCUT2D eigenvalue weighted by molar-refractivity contribution is 0.365. The Hall–Kier alpha value is -0.710. The van der Waals surface area contributed by atoms with Crippen molar-refractivity contribution in [2.45, 2.75) is 0 Å². The second-order valence-electron chi connectivity index (χ2n) is 2.74. The molecule has 0 aromatic heterocycles. The summed E-state index contributed by atoms with van der Waals surface area (Å²) >= 11 is 0. The Kier molecular flexibility index (Phi) is 2.91. The Morgan fingerprint density at radius 1 is 0.933 bits per heavy atom. The van der Waals surface area contributed by atoms with Gasteiger partial charge in [0.25, 0.3) is 0 Å². The number of hydrogen-bond donors (Lipinski definition) is 0. The number of rotatable bonds is 1. The predicted octanol–water partition coefficient (Wildman–Crippen LogP) is 2.23. The fourth-order valence-electron chi connectivity index (χ4n) is 1.13. The van der Waals surface area contributed by atoms with E-state index < -0.39 is 36.9 Å². The van der Waals surface area contributed by atoms with Crippen LogP contribution in [0.5, 0.6) is 0 Å². The van der Waals surface area contributed by atoms with Crippen molar-refractivity contribution in [3.8, 4) is 0 Å². The summed E-state index contributed by atoms with van der Waals surface area (Å²) in [7, 11) is -1.97. The molecule has 0 atom stereocenters. The molecule has 1 aliphatic heterocycles. The average Bonchev–Trinajstić information content (AvgIpc) is 2.68. The highest BCUT2D eigenvalue weighted by Gasteiger charge is 2.30. The number of halogens is 4. The van der Waals surface area contributed by atoms with E-state index in [9.17, 15) is 17.6 Å². The minimum atomic E-state index is -1.97. The summed E-state index contributed by atoms with van der Waals surface area (Å²) in [5.74, 6) is -6.06. The van der Waals surface area contributed by atoms with E-state index in [1.54, 1.807) is 0 Å². The van der Waals surface area contributed by atoms with Gasteiger partial charge >= 0.3 is 0 Å². The lowest BCUT2D eigenvalue weighted by atomic mass is 10.3. The molecule has 0 radical (unpaired) electrons. The van der Waals surface area contributed by atoms with Crippen LogP contribution in [0.1, 0.15) is 0 Å². The molecule has 1 saturated heterocycles. The third-order valence-electron chi connectivity index (χ3n) is 1.77. The van der Waals surface area contributed by atoms with Crippen LogP contribution in [0.4, 0.5) is 17.6 Å². The Balaban J connectivity index is 2.50. The topological polar surface area (TPSA) is 18.5 Å². The Bertz CT molecular complexity index is 393. The molecular weight excluding hydrogens is 235 g/mol. The second kappa shape index (κ2) is 4.04. The van der Waals surface area contributed by atoms with Crippen LogP contribution in [0.2, 0.25) is 0 Å². The van der Waals surface area contributed by atoms with Crippen LogP contribution in [0.15, 0.2) is 6.07 Å². The van der Waals surface area contributed by atoms with E-state index in [2.05, 4.69) is 0 Å². The summed E-state index contributed by atoms with van der Waals surface area (Å²) in [5, 5.41) is -0.665. The van der Waals surface area contributed by atoms with Crippen LogP contribution in [-0.4, -0.2) is 13.2 Å².